The molecule has 0 bridgehead atoms. The summed E-state index contributed by atoms with van der Waals surface area (Å²) in [5.41, 5.74) is 1.19. The van der Waals surface area contributed by atoms with Crippen LogP contribution in [0.5, 0.6) is 0 Å². The van der Waals surface area contributed by atoms with Crippen LogP contribution in [0.4, 0.5) is 5.69 Å². The van der Waals surface area contributed by atoms with Gasteiger partial charge < -0.3 is 15.2 Å². The lowest BCUT2D eigenvalue weighted by molar-refractivity contribution is -0.116. The first-order chi connectivity index (χ1) is 13.5. The van der Waals surface area contributed by atoms with Gasteiger partial charge >= 0.3 is 0 Å². The van der Waals surface area contributed by atoms with E-state index in [4.69, 9.17) is 11.6 Å². The van der Waals surface area contributed by atoms with Crippen molar-refractivity contribution in [1.29, 1.82) is 0 Å². The van der Waals surface area contributed by atoms with Crippen LogP contribution < -0.4 is 10.6 Å². The van der Waals surface area contributed by atoms with Crippen molar-refractivity contribution < 1.29 is 9.59 Å². The minimum atomic E-state index is -0.241. The van der Waals surface area contributed by atoms with Gasteiger partial charge in [-0.1, -0.05) is 11.6 Å². The molecule has 0 aliphatic heterocycles. The summed E-state index contributed by atoms with van der Waals surface area (Å²) in [5, 5.41) is 14.7. The number of hydrogen-bond donors (Lipinski definition) is 2. The number of nitrogens with zero attached hydrogens (tertiary/aromatic N) is 3. The van der Waals surface area contributed by atoms with Gasteiger partial charge in [0.25, 0.3) is 5.91 Å². The zero-order chi connectivity index (χ0) is 19.9. The fourth-order valence-electron chi connectivity index (χ4n) is 2.29. The van der Waals surface area contributed by atoms with Gasteiger partial charge in [-0.3, -0.25) is 9.59 Å². The van der Waals surface area contributed by atoms with E-state index < -0.39 is 0 Å². The summed E-state index contributed by atoms with van der Waals surface area (Å²) in [6.45, 7) is 0.243. The average molecular weight is 416 g/mol. The topological polar surface area (TPSA) is 88.9 Å². The number of anilines is 1. The van der Waals surface area contributed by atoms with Gasteiger partial charge in [0, 0.05) is 41.2 Å². The van der Waals surface area contributed by atoms with E-state index in [2.05, 4.69) is 20.8 Å². The Labute approximate surface area is 171 Å². The number of halogens is 1. The highest BCUT2D eigenvalue weighted by Crippen LogP contribution is 2.26. The van der Waals surface area contributed by atoms with Gasteiger partial charge in [-0.15, -0.1) is 10.2 Å². The monoisotopic (exact) mass is 415 g/mol. The van der Waals surface area contributed by atoms with Crippen LogP contribution in [0, 0.1) is 0 Å². The highest BCUT2D eigenvalue weighted by atomic mass is 35.5. The molecule has 0 aliphatic rings. The van der Waals surface area contributed by atoms with Crippen LogP contribution in [0.25, 0.3) is 0 Å². The van der Waals surface area contributed by atoms with Crippen molar-refractivity contribution in [1.82, 2.24) is 20.1 Å². The van der Waals surface area contributed by atoms with Crippen molar-refractivity contribution in [2.75, 3.05) is 11.9 Å². The molecule has 0 fully saturated rings. The third kappa shape index (κ3) is 5.58. The van der Waals surface area contributed by atoms with Crippen LogP contribution in [0.15, 0.2) is 64.9 Å². The molecule has 2 aromatic carbocycles. The van der Waals surface area contributed by atoms with Crippen molar-refractivity contribution in [2.24, 2.45) is 7.05 Å². The Bertz CT molecular complexity index is 957. The molecule has 1 aromatic heterocycles. The van der Waals surface area contributed by atoms with Crippen LogP contribution in [0.2, 0.25) is 5.02 Å². The first kappa shape index (κ1) is 19.9. The standard InChI is InChI=1S/C19H18ClN5O2S/c1-25-12-22-24-19(25)28-16-8-6-15(7-9-16)23-17(26)10-11-21-18(27)13-2-4-14(20)5-3-13/h2-9,12H,10-11H2,1H3,(H,21,27)(H,23,26). The molecular formula is C19H18ClN5O2S. The number of rotatable bonds is 7. The summed E-state index contributed by atoms with van der Waals surface area (Å²) in [4.78, 5) is 25.0. The Morgan fingerprint density at radius 3 is 2.46 bits per heavy atom. The van der Waals surface area contributed by atoms with E-state index in [9.17, 15) is 9.59 Å². The number of aryl methyl sites for hydroxylation is 1. The summed E-state index contributed by atoms with van der Waals surface area (Å²) in [6, 6.07) is 14.0. The molecule has 28 heavy (non-hydrogen) atoms. The Kier molecular flexibility index (Phi) is 6.67. The molecule has 0 radical (unpaired) electrons. The lowest BCUT2D eigenvalue weighted by Crippen LogP contribution is -2.27. The molecule has 0 atom stereocenters. The molecule has 0 saturated carbocycles. The molecule has 2 N–H and O–H groups in total. The SMILES string of the molecule is Cn1cnnc1Sc1ccc(NC(=O)CCNC(=O)c2ccc(Cl)cc2)cc1. The fraction of sp³-hybridized carbons (Fsp3) is 0.158. The normalized spacial score (nSPS) is 10.5. The summed E-state index contributed by atoms with van der Waals surface area (Å²) in [6.07, 6.45) is 1.82. The number of nitrogens with one attached hydrogen (secondary N) is 2. The third-order valence-electron chi connectivity index (χ3n) is 3.76. The van der Waals surface area contributed by atoms with E-state index in [1.54, 1.807) is 30.6 Å². The molecule has 1 heterocycles. The Hall–Kier alpha value is -2.84. The van der Waals surface area contributed by atoms with Crippen LogP contribution in [-0.4, -0.2) is 33.1 Å². The number of hydrogen-bond acceptors (Lipinski definition) is 5. The number of benzene rings is 2. The molecule has 144 valence electrons. The lowest BCUT2D eigenvalue weighted by Gasteiger charge is -2.08. The van der Waals surface area contributed by atoms with Gasteiger partial charge in [0.2, 0.25) is 5.91 Å². The van der Waals surface area contributed by atoms with E-state index in [0.717, 1.165) is 10.1 Å². The van der Waals surface area contributed by atoms with Crippen molar-refractivity contribution in [3.8, 4) is 0 Å². The Morgan fingerprint density at radius 2 is 1.82 bits per heavy atom. The van der Waals surface area contributed by atoms with E-state index in [0.29, 0.717) is 16.3 Å². The maximum atomic E-state index is 12.1. The van der Waals surface area contributed by atoms with Crippen LogP contribution >= 0.6 is 23.4 Å². The predicted octanol–water partition coefficient (Wildman–Crippen LogP) is 3.38. The first-order valence-corrected chi connectivity index (χ1v) is 9.66. The highest BCUT2D eigenvalue weighted by Gasteiger charge is 2.08. The Balaban J connectivity index is 1.43. The molecule has 3 aromatic rings. The van der Waals surface area contributed by atoms with Crippen LogP contribution in [-0.2, 0) is 11.8 Å². The summed E-state index contributed by atoms with van der Waals surface area (Å²) in [5.74, 6) is -0.417. The smallest absolute Gasteiger partial charge is 0.251 e. The van der Waals surface area contributed by atoms with Crippen molar-refractivity contribution >= 4 is 40.9 Å². The molecule has 2 amide bonds. The lowest BCUT2D eigenvalue weighted by atomic mass is 10.2. The second kappa shape index (κ2) is 9.38. The van der Waals surface area contributed by atoms with E-state index in [-0.39, 0.29) is 24.8 Å². The quantitative estimate of drug-likeness (QED) is 0.617. The van der Waals surface area contributed by atoms with Gasteiger partial charge in [-0.2, -0.15) is 0 Å². The van der Waals surface area contributed by atoms with E-state index in [1.165, 1.54) is 11.8 Å². The van der Waals surface area contributed by atoms with Gasteiger partial charge in [0.15, 0.2) is 5.16 Å². The van der Waals surface area contributed by atoms with Crippen molar-refractivity contribution in [2.45, 2.75) is 16.5 Å². The molecule has 3 rings (SSSR count). The van der Waals surface area contributed by atoms with Gasteiger partial charge in [0.1, 0.15) is 6.33 Å². The van der Waals surface area contributed by atoms with E-state index in [1.807, 2.05) is 35.9 Å². The van der Waals surface area contributed by atoms with E-state index >= 15 is 0 Å². The predicted molar refractivity (Wildman–Crippen MR) is 109 cm³/mol. The first-order valence-electron chi connectivity index (χ1n) is 8.47. The van der Waals surface area contributed by atoms with Gasteiger partial charge in [0.05, 0.1) is 0 Å². The molecule has 0 spiro atoms. The second-order valence-corrected chi connectivity index (χ2v) is 7.39. The molecule has 0 aliphatic carbocycles. The Morgan fingerprint density at radius 1 is 1.11 bits per heavy atom. The number of amides is 2. The summed E-state index contributed by atoms with van der Waals surface area (Å²) >= 11 is 7.28. The molecule has 9 heteroatoms. The minimum Gasteiger partial charge on any atom is -0.352 e. The molecule has 0 saturated heterocycles. The van der Waals surface area contributed by atoms with Gasteiger partial charge in [-0.25, -0.2) is 0 Å². The number of carbonyl (C=O) groups is 2. The highest BCUT2D eigenvalue weighted by molar-refractivity contribution is 7.99. The number of aromatic nitrogens is 3. The second-order valence-electron chi connectivity index (χ2n) is 5.91. The van der Waals surface area contributed by atoms with Gasteiger partial charge in [-0.05, 0) is 60.3 Å². The summed E-state index contributed by atoms with van der Waals surface area (Å²) < 4.78 is 1.83. The van der Waals surface area contributed by atoms with Crippen LogP contribution in [0.3, 0.4) is 0 Å². The average Bonchev–Trinajstić information content (AvgIpc) is 3.08. The summed E-state index contributed by atoms with van der Waals surface area (Å²) in [7, 11) is 1.88. The van der Waals surface area contributed by atoms with Crippen molar-refractivity contribution in [3.63, 3.8) is 0 Å². The number of carbonyl (C=O) groups excluding carboxylic acids is 2. The zero-order valence-electron chi connectivity index (χ0n) is 15.1. The van der Waals surface area contributed by atoms with Crippen molar-refractivity contribution in [3.05, 3.63) is 65.4 Å². The molecular weight excluding hydrogens is 398 g/mol. The maximum Gasteiger partial charge on any atom is 0.251 e. The largest absolute Gasteiger partial charge is 0.352 e. The minimum absolute atomic E-state index is 0.175. The third-order valence-corrected chi connectivity index (χ3v) is 5.07. The molecule has 7 nitrogen and oxygen atoms in total. The molecule has 0 unspecified atom stereocenters. The van der Waals surface area contributed by atoms with Crippen LogP contribution in [0.1, 0.15) is 16.8 Å². The fourth-order valence-corrected chi connectivity index (χ4v) is 3.18. The zero-order valence-corrected chi connectivity index (χ0v) is 16.6. The maximum absolute atomic E-state index is 12.1.